The SMILES string of the molecule is COC[C@H](C)Oc1cc(Oc2ccc3c(c2)OC(C)(C)N(COC)C3=O)cc(C(=O)Nc2cnc(C)cn2)c1. The minimum Gasteiger partial charge on any atom is -0.488 e. The zero-order chi connectivity index (χ0) is 28.2. The van der Waals surface area contributed by atoms with Crippen LogP contribution in [0.1, 0.15) is 47.2 Å². The number of amides is 2. The molecule has 0 spiro atoms. The molecule has 0 aliphatic carbocycles. The molecule has 3 aromatic rings. The van der Waals surface area contributed by atoms with Gasteiger partial charge in [0.2, 0.25) is 0 Å². The van der Waals surface area contributed by atoms with Gasteiger partial charge in [-0.2, -0.15) is 0 Å². The van der Waals surface area contributed by atoms with Crippen LogP contribution in [0, 0.1) is 6.92 Å². The lowest BCUT2D eigenvalue weighted by atomic mass is 10.1. The summed E-state index contributed by atoms with van der Waals surface area (Å²) in [6.07, 6.45) is 2.77. The highest BCUT2D eigenvalue weighted by atomic mass is 16.5. The monoisotopic (exact) mass is 536 g/mol. The number of carbonyl (C=O) groups excluding carboxylic acids is 2. The Hall–Kier alpha value is -4.22. The Morgan fingerprint density at radius 3 is 2.51 bits per heavy atom. The second-order valence-electron chi connectivity index (χ2n) is 9.53. The van der Waals surface area contributed by atoms with Crippen LogP contribution in [0.4, 0.5) is 5.82 Å². The van der Waals surface area contributed by atoms with Gasteiger partial charge in [-0.3, -0.25) is 19.5 Å². The van der Waals surface area contributed by atoms with E-state index in [0.717, 1.165) is 5.69 Å². The molecule has 0 saturated heterocycles. The normalized spacial score (nSPS) is 14.7. The Labute approximate surface area is 227 Å². The van der Waals surface area contributed by atoms with E-state index in [9.17, 15) is 9.59 Å². The van der Waals surface area contributed by atoms with E-state index in [2.05, 4.69) is 15.3 Å². The van der Waals surface area contributed by atoms with E-state index in [4.69, 9.17) is 23.7 Å². The molecule has 11 nitrogen and oxygen atoms in total. The highest BCUT2D eigenvalue weighted by Gasteiger charge is 2.40. The molecular formula is C28H32N4O7. The fraction of sp³-hybridized carbons (Fsp3) is 0.357. The van der Waals surface area contributed by atoms with E-state index in [0.29, 0.717) is 41.0 Å². The van der Waals surface area contributed by atoms with Crippen molar-refractivity contribution in [1.82, 2.24) is 14.9 Å². The zero-order valence-corrected chi connectivity index (χ0v) is 22.8. The number of anilines is 1. The van der Waals surface area contributed by atoms with E-state index >= 15 is 0 Å². The molecule has 0 saturated carbocycles. The summed E-state index contributed by atoms with van der Waals surface area (Å²) < 4.78 is 28.5. The molecule has 2 heterocycles. The first-order valence-corrected chi connectivity index (χ1v) is 12.3. The third-order valence-corrected chi connectivity index (χ3v) is 5.84. The zero-order valence-electron chi connectivity index (χ0n) is 22.8. The summed E-state index contributed by atoms with van der Waals surface area (Å²) in [7, 11) is 3.10. The van der Waals surface area contributed by atoms with Crippen LogP contribution in [-0.2, 0) is 9.47 Å². The van der Waals surface area contributed by atoms with Gasteiger partial charge in [0.1, 0.15) is 35.8 Å². The molecule has 2 amide bonds. The van der Waals surface area contributed by atoms with Gasteiger partial charge in [0.05, 0.1) is 30.3 Å². The number of fused-ring (bicyclic) bond motifs is 1. The van der Waals surface area contributed by atoms with E-state index in [-0.39, 0.29) is 24.3 Å². The fourth-order valence-corrected chi connectivity index (χ4v) is 4.00. The summed E-state index contributed by atoms with van der Waals surface area (Å²) in [5.74, 6) is 1.24. The van der Waals surface area contributed by atoms with Crippen LogP contribution in [0.15, 0.2) is 48.8 Å². The fourth-order valence-electron chi connectivity index (χ4n) is 4.00. The van der Waals surface area contributed by atoms with Gasteiger partial charge < -0.3 is 29.0 Å². The molecule has 1 aliphatic rings. The third-order valence-electron chi connectivity index (χ3n) is 5.84. The predicted octanol–water partition coefficient (Wildman–Crippen LogP) is 4.42. The number of carbonyl (C=O) groups is 2. The Morgan fingerprint density at radius 1 is 1.05 bits per heavy atom. The van der Waals surface area contributed by atoms with Crippen molar-refractivity contribution in [3.63, 3.8) is 0 Å². The molecule has 1 aromatic heterocycles. The van der Waals surface area contributed by atoms with E-state index < -0.39 is 11.6 Å². The Kier molecular flexibility index (Phi) is 8.32. The van der Waals surface area contributed by atoms with Crippen LogP contribution in [0.2, 0.25) is 0 Å². The van der Waals surface area contributed by atoms with Crippen LogP contribution in [0.5, 0.6) is 23.0 Å². The predicted molar refractivity (Wildman–Crippen MR) is 142 cm³/mol. The summed E-state index contributed by atoms with van der Waals surface area (Å²) >= 11 is 0. The average molecular weight is 537 g/mol. The number of nitrogens with one attached hydrogen (secondary N) is 1. The number of methoxy groups -OCH3 is 2. The van der Waals surface area contributed by atoms with Crippen molar-refractivity contribution in [1.29, 1.82) is 0 Å². The number of aromatic nitrogens is 2. The van der Waals surface area contributed by atoms with Crippen molar-refractivity contribution in [2.45, 2.75) is 39.5 Å². The van der Waals surface area contributed by atoms with Crippen molar-refractivity contribution in [2.75, 3.05) is 32.9 Å². The van der Waals surface area contributed by atoms with E-state index in [1.54, 1.807) is 63.6 Å². The highest BCUT2D eigenvalue weighted by molar-refractivity contribution is 6.04. The summed E-state index contributed by atoms with van der Waals surface area (Å²) in [4.78, 5) is 35.9. The van der Waals surface area contributed by atoms with E-state index in [1.165, 1.54) is 18.2 Å². The molecule has 2 aromatic carbocycles. The maximum atomic E-state index is 13.1. The number of nitrogens with zero attached hydrogens (tertiary/aromatic N) is 3. The summed E-state index contributed by atoms with van der Waals surface area (Å²) in [6.45, 7) is 7.68. The van der Waals surface area contributed by atoms with Gasteiger partial charge in [-0.1, -0.05) is 0 Å². The molecule has 206 valence electrons. The van der Waals surface area contributed by atoms with Gasteiger partial charge in [-0.25, -0.2) is 4.98 Å². The van der Waals surface area contributed by atoms with Crippen LogP contribution in [-0.4, -0.2) is 66.1 Å². The lowest BCUT2D eigenvalue weighted by Gasteiger charge is -2.42. The number of rotatable bonds is 10. The molecular weight excluding hydrogens is 504 g/mol. The summed E-state index contributed by atoms with van der Waals surface area (Å²) in [6, 6.07) is 9.80. The van der Waals surface area contributed by atoms with Gasteiger partial charge in [0, 0.05) is 31.9 Å². The third kappa shape index (κ3) is 6.62. The maximum absolute atomic E-state index is 13.1. The van der Waals surface area contributed by atoms with Gasteiger partial charge in [-0.15, -0.1) is 0 Å². The van der Waals surface area contributed by atoms with Crippen LogP contribution in [0.3, 0.4) is 0 Å². The largest absolute Gasteiger partial charge is 0.488 e. The Morgan fingerprint density at radius 2 is 1.82 bits per heavy atom. The van der Waals surface area contributed by atoms with Gasteiger partial charge in [-0.05, 0) is 52.0 Å². The quantitative estimate of drug-likeness (QED) is 0.401. The second-order valence-corrected chi connectivity index (χ2v) is 9.53. The topological polar surface area (TPSA) is 121 Å². The lowest BCUT2D eigenvalue weighted by Crippen LogP contribution is -2.55. The van der Waals surface area contributed by atoms with Crippen molar-refractivity contribution >= 4 is 17.6 Å². The average Bonchev–Trinajstić information content (AvgIpc) is 2.87. The molecule has 1 aliphatic heterocycles. The molecule has 11 heteroatoms. The second kappa shape index (κ2) is 11.7. The minimum absolute atomic E-state index is 0.0941. The molecule has 1 N–H and O–H groups in total. The number of ether oxygens (including phenoxy) is 5. The lowest BCUT2D eigenvalue weighted by molar-refractivity contribution is -0.0895. The first-order valence-electron chi connectivity index (χ1n) is 12.3. The number of hydrogen-bond acceptors (Lipinski definition) is 9. The number of benzene rings is 2. The standard InChI is InChI=1S/C28H32N4O7/c1-17-13-30-25(14-29-17)31-26(33)19-9-21(37-18(2)15-35-5)11-22(10-19)38-20-7-8-23-24(12-20)39-28(3,4)32(16-36-6)27(23)34/h7-14,18H,15-16H2,1-6H3,(H,30,31,33)/t18-/m0/s1. The van der Waals surface area contributed by atoms with Gasteiger partial charge in [0.25, 0.3) is 11.8 Å². The van der Waals surface area contributed by atoms with Crippen molar-refractivity contribution in [3.8, 4) is 23.0 Å². The smallest absolute Gasteiger partial charge is 0.262 e. The molecule has 0 bridgehead atoms. The van der Waals surface area contributed by atoms with Crippen LogP contribution < -0.4 is 19.5 Å². The first-order chi connectivity index (χ1) is 18.6. The van der Waals surface area contributed by atoms with Crippen LogP contribution >= 0.6 is 0 Å². The summed E-state index contributed by atoms with van der Waals surface area (Å²) in [5, 5.41) is 2.73. The van der Waals surface area contributed by atoms with Crippen molar-refractivity contribution in [3.05, 3.63) is 65.6 Å². The van der Waals surface area contributed by atoms with Crippen LogP contribution in [0.25, 0.3) is 0 Å². The van der Waals surface area contributed by atoms with Gasteiger partial charge >= 0.3 is 0 Å². The molecule has 0 radical (unpaired) electrons. The van der Waals surface area contributed by atoms with E-state index in [1.807, 2.05) is 13.8 Å². The molecule has 0 unspecified atom stereocenters. The molecule has 1 atom stereocenters. The molecule has 4 rings (SSSR count). The number of hydrogen-bond donors (Lipinski definition) is 1. The Balaban J connectivity index is 1.62. The highest BCUT2D eigenvalue weighted by Crippen LogP contribution is 2.37. The minimum atomic E-state index is -0.923. The van der Waals surface area contributed by atoms with Crippen molar-refractivity contribution in [2.24, 2.45) is 0 Å². The molecule has 0 fully saturated rings. The van der Waals surface area contributed by atoms with Crippen molar-refractivity contribution < 1.29 is 33.3 Å². The van der Waals surface area contributed by atoms with Gasteiger partial charge in [0.15, 0.2) is 11.5 Å². The first kappa shape index (κ1) is 27.8. The maximum Gasteiger partial charge on any atom is 0.262 e. The molecule has 39 heavy (non-hydrogen) atoms. The number of aryl methyl sites for hydroxylation is 1. The summed E-state index contributed by atoms with van der Waals surface area (Å²) in [5.41, 5.74) is 0.490. The Bertz CT molecular complexity index is 1340.